The lowest BCUT2D eigenvalue weighted by Crippen LogP contribution is -2.04. The molecule has 0 amide bonds. The normalized spacial score (nSPS) is 10.9. The largest absolute Gasteiger partial charge is 0.428 e. The monoisotopic (exact) mass is 168 g/mol. The predicted octanol–water partition coefficient (Wildman–Crippen LogP) is 1.54. The Bertz CT molecular complexity index is 180. The smallest absolute Gasteiger partial charge is 0.286 e. The van der Waals surface area contributed by atoms with Crippen LogP contribution >= 0.6 is 0 Å². The van der Waals surface area contributed by atoms with E-state index in [-0.39, 0.29) is 6.10 Å². The third-order valence-corrected chi connectivity index (χ3v) is 1.43. The highest BCUT2D eigenvalue weighted by molar-refractivity contribution is 4.58. The summed E-state index contributed by atoms with van der Waals surface area (Å²) in [5.41, 5.74) is 0. The maximum atomic E-state index is 8.14. The van der Waals surface area contributed by atoms with Gasteiger partial charge in [0.15, 0.2) is 0 Å². The lowest BCUT2D eigenvalue weighted by atomic mass is 10.2. The Morgan fingerprint density at radius 2 is 2.00 bits per heavy atom. The molecule has 1 atom stereocenters. The van der Waals surface area contributed by atoms with Crippen LogP contribution in [0, 0.1) is 23.0 Å². The van der Waals surface area contributed by atoms with Crippen molar-refractivity contribution in [1.29, 1.82) is 10.5 Å². The van der Waals surface area contributed by atoms with Crippen molar-refractivity contribution < 1.29 is 9.47 Å². The van der Waals surface area contributed by atoms with Crippen molar-refractivity contribution in [1.82, 2.24) is 0 Å². The lowest BCUT2D eigenvalue weighted by Gasteiger charge is -2.05. The maximum absolute atomic E-state index is 8.14. The second kappa shape index (κ2) is 7.68. The molecule has 0 radical (unpaired) electrons. The van der Waals surface area contributed by atoms with E-state index in [9.17, 15) is 0 Å². The molecule has 0 aromatic heterocycles. The highest BCUT2D eigenvalue weighted by Gasteiger charge is 2.00. The van der Waals surface area contributed by atoms with Crippen LogP contribution in [0.1, 0.15) is 26.2 Å². The van der Waals surface area contributed by atoms with E-state index in [0.717, 1.165) is 19.3 Å². The molecule has 0 aromatic rings. The molecule has 0 bridgehead atoms. The molecule has 0 aliphatic rings. The number of rotatable bonds is 6. The van der Waals surface area contributed by atoms with E-state index in [4.69, 9.17) is 10.5 Å². The molecular formula is C8H12N2O2. The number of unbranched alkanes of at least 4 members (excludes halogenated alkanes) is 1. The molecule has 66 valence electrons. The van der Waals surface area contributed by atoms with Gasteiger partial charge in [-0.25, -0.2) is 0 Å². The molecule has 0 N–H and O–H groups in total. The second-order valence-electron chi connectivity index (χ2n) is 2.46. The quantitative estimate of drug-likeness (QED) is 0.445. The minimum absolute atomic E-state index is 0.0305. The van der Waals surface area contributed by atoms with Gasteiger partial charge in [-0.15, -0.1) is 0 Å². The van der Waals surface area contributed by atoms with Crippen LogP contribution in [-0.4, -0.2) is 12.7 Å². The average Bonchev–Trinajstić information content (AvgIpc) is 2.05. The zero-order chi connectivity index (χ0) is 9.23. The summed E-state index contributed by atoms with van der Waals surface area (Å²) in [5.74, 6) is 0. The molecule has 0 aliphatic heterocycles. The zero-order valence-electron chi connectivity index (χ0n) is 7.12. The van der Waals surface area contributed by atoms with Crippen LogP contribution in [-0.2, 0) is 9.47 Å². The molecule has 1 unspecified atom stereocenters. The van der Waals surface area contributed by atoms with Crippen molar-refractivity contribution in [2.75, 3.05) is 6.61 Å². The molecule has 0 aromatic carbocycles. The summed E-state index contributed by atoms with van der Waals surface area (Å²) in [7, 11) is 0. The molecule has 0 rings (SSSR count). The number of hydrogen-bond acceptors (Lipinski definition) is 4. The molecule has 0 heterocycles. The fraction of sp³-hybridized carbons (Fsp3) is 0.750. The number of nitriles is 2. The van der Waals surface area contributed by atoms with Crippen molar-refractivity contribution in [3.8, 4) is 12.5 Å². The minimum Gasteiger partial charge on any atom is -0.428 e. The Morgan fingerprint density at radius 1 is 1.25 bits per heavy atom. The van der Waals surface area contributed by atoms with Gasteiger partial charge in [-0.1, -0.05) is 0 Å². The summed E-state index contributed by atoms with van der Waals surface area (Å²) >= 11 is 0. The van der Waals surface area contributed by atoms with Gasteiger partial charge in [-0.05, 0) is 26.2 Å². The van der Waals surface area contributed by atoms with E-state index in [1.807, 2.05) is 6.92 Å². The third-order valence-electron chi connectivity index (χ3n) is 1.43. The van der Waals surface area contributed by atoms with Crippen LogP contribution in [0.4, 0.5) is 0 Å². The van der Waals surface area contributed by atoms with E-state index in [0.29, 0.717) is 6.61 Å². The topological polar surface area (TPSA) is 66.0 Å². The van der Waals surface area contributed by atoms with E-state index >= 15 is 0 Å². The summed E-state index contributed by atoms with van der Waals surface area (Å²) in [6, 6.07) is 0. The Kier molecular flexibility index (Phi) is 6.78. The van der Waals surface area contributed by atoms with Crippen molar-refractivity contribution in [3.05, 3.63) is 0 Å². The van der Waals surface area contributed by atoms with Crippen molar-refractivity contribution >= 4 is 0 Å². The highest BCUT2D eigenvalue weighted by Crippen LogP contribution is 2.03. The fourth-order valence-electron chi connectivity index (χ4n) is 0.801. The molecule has 4 heteroatoms. The van der Waals surface area contributed by atoms with Crippen LogP contribution in [0.2, 0.25) is 0 Å². The maximum Gasteiger partial charge on any atom is 0.286 e. The van der Waals surface area contributed by atoms with Crippen LogP contribution in [0.5, 0.6) is 0 Å². The van der Waals surface area contributed by atoms with Crippen molar-refractivity contribution in [2.45, 2.75) is 32.3 Å². The van der Waals surface area contributed by atoms with E-state index in [1.54, 1.807) is 12.5 Å². The van der Waals surface area contributed by atoms with Crippen LogP contribution in [0.3, 0.4) is 0 Å². The first-order chi connectivity index (χ1) is 5.81. The summed E-state index contributed by atoms with van der Waals surface area (Å²) in [5, 5.41) is 16.2. The van der Waals surface area contributed by atoms with Gasteiger partial charge in [0.25, 0.3) is 12.5 Å². The van der Waals surface area contributed by atoms with Gasteiger partial charge in [0.1, 0.15) is 12.7 Å². The van der Waals surface area contributed by atoms with Crippen LogP contribution < -0.4 is 0 Å². The standard InChI is InChI=1S/C8H12N2O2/c1-8(12-7-10)4-2-3-5-11-6-9/h8H,2-5H2,1H3. The minimum atomic E-state index is -0.0305. The van der Waals surface area contributed by atoms with Gasteiger partial charge in [-0.2, -0.15) is 10.5 Å². The molecule has 12 heavy (non-hydrogen) atoms. The molecule has 0 fully saturated rings. The first-order valence-corrected chi connectivity index (χ1v) is 3.87. The van der Waals surface area contributed by atoms with Gasteiger partial charge < -0.3 is 9.47 Å². The zero-order valence-corrected chi connectivity index (χ0v) is 7.12. The number of hydrogen-bond donors (Lipinski definition) is 0. The molecule has 4 nitrogen and oxygen atoms in total. The highest BCUT2D eigenvalue weighted by atomic mass is 16.5. The Morgan fingerprint density at radius 3 is 2.58 bits per heavy atom. The molecule has 0 saturated carbocycles. The first-order valence-electron chi connectivity index (χ1n) is 3.87. The van der Waals surface area contributed by atoms with Gasteiger partial charge in [-0.3, -0.25) is 0 Å². The van der Waals surface area contributed by atoms with Crippen molar-refractivity contribution in [3.63, 3.8) is 0 Å². The number of ether oxygens (including phenoxy) is 2. The van der Waals surface area contributed by atoms with Gasteiger partial charge >= 0.3 is 0 Å². The summed E-state index contributed by atoms with van der Waals surface area (Å²) in [6.07, 6.45) is 5.76. The average molecular weight is 168 g/mol. The van der Waals surface area contributed by atoms with E-state index < -0.39 is 0 Å². The number of nitrogens with zero attached hydrogens (tertiary/aromatic N) is 2. The van der Waals surface area contributed by atoms with Crippen molar-refractivity contribution in [2.24, 2.45) is 0 Å². The lowest BCUT2D eigenvalue weighted by molar-refractivity contribution is 0.162. The molecule has 0 saturated heterocycles. The Labute approximate surface area is 72.3 Å². The van der Waals surface area contributed by atoms with Gasteiger partial charge in [0.05, 0.1) is 0 Å². The first kappa shape index (κ1) is 10.6. The van der Waals surface area contributed by atoms with Crippen LogP contribution in [0.15, 0.2) is 0 Å². The second-order valence-corrected chi connectivity index (χ2v) is 2.46. The van der Waals surface area contributed by atoms with Crippen LogP contribution in [0.25, 0.3) is 0 Å². The Balaban J connectivity index is 3.10. The third kappa shape index (κ3) is 6.70. The fourth-order valence-corrected chi connectivity index (χ4v) is 0.801. The Hall–Kier alpha value is -1.42. The predicted molar refractivity (Wildman–Crippen MR) is 41.6 cm³/mol. The summed E-state index contributed by atoms with van der Waals surface area (Å²) < 4.78 is 9.12. The SMILES string of the molecule is CC(CCCCOC#N)OC#N. The molecular weight excluding hydrogens is 156 g/mol. The molecule has 0 spiro atoms. The van der Waals surface area contributed by atoms with E-state index in [1.165, 1.54) is 0 Å². The van der Waals surface area contributed by atoms with Gasteiger partial charge in [0.2, 0.25) is 0 Å². The van der Waals surface area contributed by atoms with E-state index in [2.05, 4.69) is 9.47 Å². The summed E-state index contributed by atoms with van der Waals surface area (Å²) in [6.45, 7) is 2.30. The summed E-state index contributed by atoms with van der Waals surface area (Å²) in [4.78, 5) is 0. The van der Waals surface area contributed by atoms with Gasteiger partial charge in [0, 0.05) is 0 Å². The molecule has 0 aliphatic carbocycles.